The second-order valence-electron chi connectivity index (χ2n) is 7.99. The molecule has 0 saturated carbocycles. The van der Waals surface area contributed by atoms with Crippen molar-refractivity contribution in [3.8, 4) is 5.75 Å². The number of halogens is 3. The number of carbonyl (C=O) groups is 2. The molecule has 1 N–H and O–H groups in total. The molecule has 0 unspecified atom stereocenters. The molecule has 6 nitrogen and oxygen atoms in total. The van der Waals surface area contributed by atoms with Gasteiger partial charge in [-0.05, 0) is 38.0 Å². The first kappa shape index (κ1) is 22.7. The zero-order valence-corrected chi connectivity index (χ0v) is 17.5. The number of ether oxygens (including phenoxy) is 2. The summed E-state index contributed by atoms with van der Waals surface area (Å²) in [4.78, 5) is 28.6. The van der Waals surface area contributed by atoms with E-state index in [4.69, 9.17) is 4.74 Å². The first-order valence-corrected chi connectivity index (χ1v) is 9.69. The van der Waals surface area contributed by atoms with Crippen LogP contribution in [0.2, 0.25) is 0 Å². The molecule has 0 spiro atoms. The molecule has 1 aliphatic heterocycles. The van der Waals surface area contributed by atoms with Crippen molar-refractivity contribution < 1.29 is 32.2 Å². The molecule has 1 fully saturated rings. The average Bonchev–Trinajstić information content (AvgIpc) is 2.91. The van der Waals surface area contributed by atoms with Gasteiger partial charge in [-0.2, -0.15) is 8.78 Å². The summed E-state index contributed by atoms with van der Waals surface area (Å²) in [6.07, 6.45) is 0.324. The Morgan fingerprint density at radius 3 is 2.58 bits per heavy atom. The van der Waals surface area contributed by atoms with Crippen molar-refractivity contribution >= 4 is 17.4 Å². The quantitative estimate of drug-likeness (QED) is 0.672. The molecule has 0 radical (unpaired) electrons. The van der Waals surface area contributed by atoms with E-state index in [9.17, 15) is 22.8 Å². The fraction of sp³-hybridized carbons (Fsp3) is 0.409. The van der Waals surface area contributed by atoms with Crippen LogP contribution >= 0.6 is 0 Å². The fourth-order valence-electron chi connectivity index (χ4n) is 3.75. The van der Waals surface area contributed by atoms with Gasteiger partial charge in [0.15, 0.2) is 5.78 Å². The number of alkyl halides is 2. The number of pyridine rings is 1. The Bertz CT molecular complexity index is 996. The van der Waals surface area contributed by atoms with E-state index in [1.54, 1.807) is 13.8 Å². The number of Topliss-reactive ketones (excluding diaryl/α,β-unsaturated/α-hetero) is 1. The van der Waals surface area contributed by atoms with E-state index in [-0.39, 0.29) is 28.7 Å². The van der Waals surface area contributed by atoms with Gasteiger partial charge in [-0.3, -0.25) is 14.6 Å². The maximum atomic E-state index is 13.7. The number of carbonyl (C=O) groups excluding carboxylic acids is 2. The van der Waals surface area contributed by atoms with Gasteiger partial charge in [0.05, 0.1) is 5.60 Å². The molecular weight excluding hydrogens is 413 g/mol. The summed E-state index contributed by atoms with van der Waals surface area (Å²) >= 11 is 0. The molecule has 166 valence electrons. The molecule has 0 bridgehead atoms. The van der Waals surface area contributed by atoms with Crippen LogP contribution in [0.3, 0.4) is 0 Å². The number of amides is 1. The van der Waals surface area contributed by atoms with Crippen molar-refractivity contribution in [3.05, 3.63) is 53.6 Å². The molecular formula is C22H23F3N2O4. The van der Waals surface area contributed by atoms with Crippen LogP contribution in [-0.2, 0) is 9.53 Å². The predicted octanol–water partition coefficient (Wildman–Crippen LogP) is 4.56. The molecule has 9 heteroatoms. The van der Waals surface area contributed by atoms with E-state index in [1.165, 1.54) is 31.3 Å². The van der Waals surface area contributed by atoms with Crippen LogP contribution in [0.1, 0.15) is 49.7 Å². The van der Waals surface area contributed by atoms with Crippen molar-refractivity contribution in [2.45, 2.75) is 51.9 Å². The number of benzene rings is 1. The van der Waals surface area contributed by atoms with Gasteiger partial charge in [0.2, 0.25) is 0 Å². The van der Waals surface area contributed by atoms with Gasteiger partial charge in [0.25, 0.3) is 5.91 Å². The second-order valence-corrected chi connectivity index (χ2v) is 7.99. The third-order valence-corrected chi connectivity index (χ3v) is 5.59. The SMILES string of the molecule is CC(=O)c1cc(NC(=O)[C@H]2OC(C)(C)[C@H](C)[C@H]2c2ccc(F)cc2OC(F)F)ccn1. The van der Waals surface area contributed by atoms with Crippen molar-refractivity contribution in [2.24, 2.45) is 5.92 Å². The van der Waals surface area contributed by atoms with Crippen LogP contribution in [0, 0.1) is 11.7 Å². The third-order valence-electron chi connectivity index (χ3n) is 5.59. The van der Waals surface area contributed by atoms with E-state index in [0.717, 1.165) is 12.1 Å². The summed E-state index contributed by atoms with van der Waals surface area (Å²) in [6.45, 7) is 3.60. The highest BCUT2D eigenvalue weighted by atomic mass is 19.3. The number of hydrogen-bond donors (Lipinski definition) is 1. The van der Waals surface area contributed by atoms with Crippen molar-refractivity contribution in [2.75, 3.05) is 5.32 Å². The summed E-state index contributed by atoms with van der Waals surface area (Å²) in [5.74, 6) is -2.85. The van der Waals surface area contributed by atoms with E-state index < -0.39 is 36.0 Å². The van der Waals surface area contributed by atoms with E-state index >= 15 is 0 Å². The summed E-state index contributed by atoms with van der Waals surface area (Å²) in [7, 11) is 0. The number of nitrogens with one attached hydrogen (secondary N) is 1. The van der Waals surface area contributed by atoms with Gasteiger partial charge < -0.3 is 14.8 Å². The van der Waals surface area contributed by atoms with Gasteiger partial charge in [-0.25, -0.2) is 4.39 Å². The largest absolute Gasteiger partial charge is 0.434 e. The Kier molecular flexibility index (Phi) is 6.35. The van der Waals surface area contributed by atoms with E-state index in [2.05, 4.69) is 15.0 Å². The van der Waals surface area contributed by atoms with Gasteiger partial charge in [-0.15, -0.1) is 0 Å². The number of hydrogen-bond acceptors (Lipinski definition) is 5. The van der Waals surface area contributed by atoms with Crippen LogP contribution in [0.5, 0.6) is 5.75 Å². The monoisotopic (exact) mass is 436 g/mol. The van der Waals surface area contributed by atoms with Crippen LogP contribution < -0.4 is 10.1 Å². The standard InChI is InChI=1S/C22H23F3N2O4/c1-11-18(15-6-5-13(23)9-17(15)30-21(24)25)19(31-22(11,3)4)20(29)27-14-7-8-26-16(10-14)12(2)28/h5-11,18-19,21H,1-4H3,(H,26,27,29)/t11-,18+,19+/m1/s1. The molecule has 2 aromatic rings. The minimum Gasteiger partial charge on any atom is -0.434 e. The summed E-state index contributed by atoms with van der Waals surface area (Å²) < 4.78 is 50.1. The predicted molar refractivity (Wildman–Crippen MR) is 107 cm³/mol. The number of rotatable bonds is 6. The lowest BCUT2D eigenvalue weighted by Gasteiger charge is -2.26. The number of nitrogens with zero attached hydrogens (tertiary/aromatic N) is 1. The van der Waals surface area contributed by atoms with Gasteiger partial charge in [0.1, 0.15) is 23.4 Å². The van der Waals surface area contributed by atoms with Crippen LogP contribution in [-0.4, -0.2) is 35.0 Å². The molecule has 31 heavy (non-hydrogen) atoms. The summed E-state index contributed by atoms with van der Waals surface area (Å²) in [5.41, 5.74) is 0.0000585. The minimum atomic E-state index is -3.15. The summed E-state index contributed by atoms with van der Waals surface area (Å²) in [6, 6.07) is 6.28. The molecule has 3 rings (SSSR count). The molecule has 1 saturated heterocycles. The first-order chi connectivity index (χ1) is 14.5. The Morgan fingerprint density at radius 2 is 1.94 bits per heavy atom. The fourth-order valence-corrected chi connectivity index (χ4v) is 3.75. The highest BCUT2D eigenvalue weighted by molar-refractivity contribution is 5.97. The zero-order valence-electron chi connectivity index (χ0n) is 17.5. The molecule has 1 aromatic carbocycles. The van der Waals surface area contributed by atoms with Gasteiger partial charge in [-0.1, -0.05) is 13.0 Å². The number of anilines is 1. The van der Waals surface area contributed by atoms with Crippen LogP contribution in [0.15, 0.2) is 36.5 Å². The van der Waals surface area contributed by atoms with Crippen molar-refractivity contribution in [1.29, 1.82) is 0 Å². The van der Waals surface area contributed by atoms with E-state index in [1.807, 2.05) is 6.92 Å². The van der Waals surface area contributed by atoms with Crippen LogP contribution in [0.4, 0.5) is 18.9 Å². The second kappa shape index (κ2) is 8.66. The lowest BCUT2D eigenvalue weighted by atomic mass is 9.78. The van der Waals surface area contributed by atoms with Crippen molar-refractivity contribution in [1.82, 2.24) is 4.98 Å². The Hall–Kier alpha value is -2.94. The highest BCUT2D eigenvalue weighted by Gasteiger charge is 2.51. The van der Waals surface area contributed by atoms with Gasteiger partial charge >= 0.3 is 6.61 Å². The minimum absolute atomic E-state index is 0.182. The normalized spacial score (nSPS) is 22.4. The molecule has 1 aliphatic rings. The topological polar surface area (TPSA) is 77.5 Å². The number of aromatic nitrogens is 1. The lowest BCUT2D eigenvalue weighted by Crippen LogP contribution is -2.33. The zero-order chi connectivity index (χ0) is 22.9. The Morgan fingerprint density at radius 1 is 1.23 bits per heavy atom. The maximum Gasteiger partial charge on any atom is 0.387 e. The van der Waals surface area contributed by atoms with Crippen LogP contribution in [0.25, 0.3) is 0 Å². The molecule has 0 aliphatic carbocycles. The maximum absolute atomic E-state index is 13.7. The lowest BCUT2D eigenvalue weighted by molar-refractivity contribution is -0.131. The Balaban J connectivity index is 1.96. The molecule has 2 heterocycles. The first-order valence-electron chi connectivity index (χ1n) is 9.69. The molecule has 1 amide bonds. The highest BCUT2D eigenvalue weighted by Crippen LogP contribution is 2.48. The average molecular weight is 436 g/mol. The molecule has 1 aromatic heterocycles. The number of ketones is 1. The third kappa shape index (κ3) is 4.87. The molecule has 3 atom stereocenters. The summed E-state index contributed by atoms with van der Waals surface area (Å²) in [5, 5.41) is 2.69. The smallest absolute Gasteiger partial charge is 0.387 e. The van der Waals surface area contributed by atoms with Crippen molar-refractivity contribution in [3.63, 3.8) is 0 Å². The van der Waals surface area contributed by atoms with Gasteiger partial charge in [0, 0.05) is 36.4 Å². The van der Waals surface area contributed by atoms with E-state index in [0.29, 0.717) is 5.69 Å². The Labute approximate surface area is 177 Å².